The summed E-state index contributed by atoms with van der Waals surface area (Å²) in [6, 6.07) is 3.91. The van der Waals surface area contributed by atoms with E-state index >= 15 is 0 Å². The average Bonchev–Trinajstić information content (AvgIpc) is 3.39. The zero-order valence-corrected chi connectivity index (χ0v) is 18.6. The molecule has 1 fully saturated rings. The summed E-state index contributed by atoms with van der Waals surface area (Å²) in [5.74, 6) is -0.216. The normalized spacial score (nSPS) is 15.6. The number of carbonyl (C=O) groups is 2. The quantitative estimate of drug-likeness (QED) is 0.444. The molecule has 0 bridgehead atoms. The summed E-state index contributed by atoms with van der Waals surface area (Å²) in [6.45, 7) is 2.55. The number of hydrogen-bond acceptors (Lipinski definition) is 8. The average molecular weight is 453 g/mol. The van der Waals surface area contributed by atoms with Crippen LogP contribution in [0.4, 0.5) is 5.13 Å². The molecule has 2 aromatic rings. The Bertz CT molecular complexity index is 876. The van der Waals surface area contributed by atoms with E-state index in [1.54, 1.807) is 16.2 Å². The molecular formula is C18H20N4O2S4. The molecule has 0 saturated carbocycles. The van der Waals surface area contributed by atoms with Crippen LogP contribution in [0.1, 0.15) is 42.5 Å². The second-order valence-corrected chi connectivity index (χ2v) is 9.82. The van der Waals surface area contributed by atoms with Gasteiger partial charge in [0, 0.05) is 24.3 Å². The molecule has 148 valence electrons. The Morgan fingerprint density at radius 1 is 1.36 bits per heavy atom. The van der Waals surface area contributed by atoms with Gasteiger partial charge in [-0.1, -0.05) is 54.7 Å². The maximum atomic E-state index is 12.5. The van der Waals surface area contributed by atoms with Crippen molar-refractivity contribution in [3.05, 3.63) is 32.3 Å². The van der Waals surface area contributed by atoms with Crippen molar-refractivity contribution < 1.29 is 9.59 Å². The molecule has 1 aliphatic heterocycles. The number of nitrogens with one attached hydrogen (secondary N) is 1. The van der Waals surface area contributed by atoms with Crippen molar-refractivity contribution >= 4 is 74.0 Å². The minimum atomic E-state index is -0.127. The first kappa shape index (κ1) is 21.1. The summed E-state index contributed by atoms with van der Waals surface area (Å²) < 4.78 is 0.540. The third-order valence-electron chi connectivity index (χ3n) is 3.93. The number of nitrogens with zero attached hydrogens (tertiary/aromatic N) is 3. The lowest BCUT2D eigenvalue weighted by molar-refractivity contribution is -0.122. The Labute approximate surface area is 181 Å². The lowest BCUT2D eigenvalue weighted by atomic mass is 10.2. The first-order valence-electron chi connectivity index (χ1n) is 8.98. The number of carbonyl (C=O) groups excluding carboxylic acids is 2. The second kappa shape index (κ2) is 10.2. The smallest absolute Gasteiger partial charge is 0.266 e. The number of thiocarbonyl (C=S) groups is 1. The first-order valence-corrected chi connectivity index (χ1v) is 11.9. The monoisotopic (exact) mass is 452 g/mol. The van der Waals surface area contributed by atoms with Gasteiger partial charge in [-0.15, -0.1) is 21.5 Å². The molecule has 2 amide bonds. The van der Waals surface area contributed by atoms with Gasteiger partial charge < -0.3 is 5.32 Å². The van der Waals surface area contributed by atoms with Gasteiger partial charge in [-0.05, 0) is 30.4 Å². The molecule has 6 nitrogen and oxygen atoms in total. The van der Waals surface area contributed by atoms with Gasteiger partial charge >= 0.3 is 0 Å². The highest BCUT2D eigenvalue weighted by Gasteiger charge is 2.31. The van der Waals surface area contributed by atoms with Crippen LogP contribution in [0.5, 0.6) is 0 Å². The fraction of sp³-hybridized carbons (Fsp3) is 0.389. The maximum Gasteiger partial charge on any atom is 0.266 e. The zero-order chi connectivity index (χ0) is 19.9. The SMILES string of the molecule is CCCCc1nnc(NC(=O)CCCN2C(=O)C(=Cc3cccs3)SC2=S)s1. The summed E-state index contributed by atoms with van der Waals surface area (Å²) in [6.07, 6.45) is 5.74. The predicted octanol–water partition coefficient (Wildman–Crippen LogP) is 4.56. The Morgan fingerprint density at radius 2 is 2.21 bits per heavy atom. The van der Waals surface area contributed by atoms with Crippen LogP contribution < -0.4 is 5.32 Å². The van der Waals surface area contributed by atoms with E-state index in [4.69, 9.17) is 12.2 Å². The van der Waals surface area contributed by atoms with Gasteiger partial charge in [0.1, 0.15) is 9.33 Å². The molecule has 10 heteroatoms. The number of unbranched alkanes of at least 4 members (excludes halogenated alkanes) is 1. The van der Waals surface area contributed by atoms with Gasteiger partial charge in [0.25, 0.3) is 5.91 Å². The van der Waals surface area contributed by atoms with E-state index in [-0.39, 0.29) is 11.8 Å². The van der Waals surface area contributed by atoms with E-state index in [9.17, 15) is 9.59 Å². The molecule has 0 aliphatic carbocycles. The Hall–Kier alpha value is -1.62. The highest BCUT2D eigenvalue weighted by atomic mass is 32.2. The van der Waals surface area contributed by atoms with Crippen LogP contribution >= 0.6 is 46.7 Å². The van der Waals surface area contributed by atoms with E-state index in [2.05, 4.69) is 22.4 Å². The molecule has 2 aromatic heterocycles. The fourth-order valence-electron chi connectivity index (χ4n) is 2.51. The zero-order valence-electron chi connectivity index (χ0n) is 15.3. The minimum Gasteiger partial charge on any atom is -0.301 e. The van der Waals surface area contributed by atoms with Crippen molar-refractivity contribution in [2.45, 2.75) is 39.0 Å². The molecule has 3 rings (SSSR count). The van der Waals surface area contributed by atoms with Crippen LogP contribution in [0, 0.1) is 0 Å². The number of thioether (sulfide) groups is 1. The molecule has 0 radical (unpaired) electrons. The van der Waals surface area contributed by atoms with Crippen molar-refractivity contribution in [2.75, 3.05) is 11.9 Å². The molecule has 1 N–H and O–H groups in total. The third-order valence-corrected chi connectivity index (χ3v) is 7.03. The van der Waals surface area contributed by atoms with Crippen LogP contribution in [-0.2, 0) is 16.0 Å². The van der Waals surface area contributed by atoms with Gasteiger partial charge in [0.15, 0.2) is 0 Å². The highest BCUT2D eigenvalue weighted by molar-refractivity contribution is 8.26. The minimum absolute atomic E-state index is 0.0894. The van der Waals surface area contributed by atoms with Crippen molar-refractivity contribution in [3.8, 4) is 0 Å². The van der Waals surface area contributed by atoms with Gasteiger partial charge in [0.05, 0.1) is 4.91 Å². The van der Waals surface area contributed by atoms with Crippen LogP contribution in [0.3, 0.4) is 0 Å². The van der Waals surface area contributed by atoms with Crippen molar-refractivity contribution in [1.82, 2.24) is 15.1 Å². The Morgan fingerprint density at radius 3 is 2.96 bits per heavy atom. The summed E-state index contributed by atoms with van der Waals surface area (Å²) in [5.41, 5.74) is 0. The fourth-order valence-corrected chi connectivity index (χ4v) is 5.34. The largest absolute Gasteiger partial charge is 0.301 e. The summed E-state index contributed by atoms with van der Waals surface area (Å²) in [7, 11) is 0. The van der Waals surface area contributed by atoms with Crippen LogP contribution in [-0.4, -0.2) is 37.8 Å². The highest BCUT2D eigenvalue weighted by Crippen LogP contribution is 2.33. The molecule has 0 spiro atoms. The van der Waals surface area contributed by atoms with Gasteiger partial charge in [-0.3, -0.25) is 14.5 Å². The summed E-state index contributed by atoms with van der Waals surface area (Å²) in [5, 5.41) is 14.3. The molecule has 0 unspecified atom stereocenters. The third kappa shape index (κ3) is 5.69. The lowest BCUT2D eigenvalue weighted by Gasteiger charge is -2.13. The number of anilines is 1. The van der Waals surface area contributed by atoms with E-state index in [0.29, 0.717) is 33.7 Å². The number of rotatable bonds is 9. The molecule has 28 heavy (non-hydrogen) atoms. The standard InChI is InChI=1S/C18H20N4O2S4/c1-2-3-8-15-20-21-17(28-15)19-14(23)7-4-9-22-16(24)13(27-18(22)25)11-12-6-5-10-26-12/h5-6,10-11H,2-4,7-9H2,1H3,(H,19,21,23). The van der Waals surface area contributed by atoms with Gasteiger partial charge in [0.2, 0.25) is 11.0 Å². The Balaban J connectivity index is 1.45. The van der Waals surface area contributed by atoms with E-state index < -0.39 is 0 Å². The molecule has 0 aromatic carbocycles. The second-order valence-electron chi connectivity index (χ2n) is 6.11. The molecule has 1 saturated heterocycles. The number of amides is 2. The van der Waals surface area contributed by atoms with Gasteiger partial charge in [-0.25, -0.2) is 0 Å². The van der Waals surface area contributed by atoms with Crippen LogP contribution in [0.2, 0.25) is 0 Å². The van der Waals surface area contributed by atoms with Crippen molar-refractivity contribution in [3.63, 3.8) is 0 Å². The molecule has 0 atom stereocenters. The number of thiophene rings is 1. The van der Waals surface area contributed by atoms with E-state index in [1.807, 2.05) is 23.6 Å². The van der Waals surface area contributed by atoms with E-state index in [0.717, 1.165) is 29.1 Å². The number of hydrogen-bond donors (Lipinski definition) is 1. The predicted molar refractivity (Wildman–Crippen MR) is 121 cm³/mol. The van der Waals surface area contributed by atoms with Crippen LogP contribution in [0.25, 0.3) is 6.08 Å². The van der Waals surface area contributed by atoms with E-state index in [1.165, 1.54) is 23.1 Å². The molecule has 3 heterocycles. The topological polar surface area (TPSA) is 75.2 Å². The lowest BCUT2D eigenvalue weighted by Crippen LogP contribution is -2.29. The molecule has 1 aliphatic rings. The molecular weight excluding hydrogens is 432 g/mol. The van der Waals surface area contributed by atoms with Crippen LogP contribution in [0.15, 0.2) is 22.4 Å². The maximum absolute atomic E-state index is 12.5. The van der Waals surface area contributed by atoms with Crippen molar-refractivity contribution in [2.24, 2.45) is 0 Å². The van der Waals surface area contributed by atoms with Gasteiger partial charge in [-0.2, -0.15) is 0 Å². The summed E-state index contributed by atoms with van der Waals surface area (Å²) in [4.78, 5) is 27.9. The first-order chi connectivity index (χ1) is 13.6. The van der Waals surface area contributed by atoms with Crippen molar-refractivity contribution in [1.29, 1.82) is 0 Å². The number of aryl methyl sites for hydroxylation is 1. The Kier molecular flexibility index (Phi) is 7.72. The summed E-state index contributed by atoms with van der Waals surface area (Å²) >= 11 is 9.62. The number of aromatic nitrogens is 2.